The quantitative estimate of drug-likeness (QED) is 0.528. The molecular weight excluding hydrogens is 370 g/mol. The van der Waals surface area contributed by atoms with Crippen molar-refractivity contribution >= 4 is 17.0 Å². The largest absolute Gasteiger partial charge is 0.486 e. The first-order valence-corrected chi connectivity index (χ1v) is 9.01. The number of aromatic nitrogens is 3. The molecule has 0 radical (unpaired) electrons. The van der Waals surface area contributed by atoms with Crippen molar-refractivity contribution in [2.45, 2.75) is 13.5 Å². The van der Waals surface area contributed by atoms with E-state index in [0.29, 0.717) is 23.2 Å². The first-order valence-electron chi connectivity index (χ1n) is 9.01. The van der Waals surface area contributed by atoms with Gasteiger partial charge in [-0.15, -0.1) is 0 Å². The summed E-state index contributed by atoms with van der Waals surface area (Å²) in [6.07, 6.45) is 1.66. The van der Waals surface area contributed by atoms with Gasteiger partial charge in [0.2, 0.25) is 5.88 Å². The van der Waals surface area contributed by atoms with Crippen LogP contribution in [0.5, 0.6) is 17.4 Å². The standard InChI is InChI=1S/C22H19N3O4/c1-14-6-8-16(9-7-14)29-21-11-19-18(12-23-21)24-20(25(19)2)13-28-17-5-3-4-15(10-17)22(26)27/h3-12H,13H2,1-2H3,(H,26,27). The molecule has 7 nitrogen and oxygen atoms in total. The number of hydrogen-bond acceptors (Lipinski definition) is 5. The van der Waals surface area contributed by atoms with Crippen molar-refractivity contribution in [1.82, 2.24) is 14.5 Å². The molecule has 0 saturated heterocycles. The summed E-state index contributed by atoms with van der Waals surface area (Å²) in [6, 6.07) is 15.9. The smallest absolute Gasteiger partial charge is 0.335 e. The van der Waals surface area contributed by atoms with Gasteiger partial charge in [-0.05, 0) is 37.3 Å². The van der Waals surface area contributed by atoms with E-state index in [-0.39, 0.29) is 12.2 Å². The number of carboxylic acid groups (broad SMARTS) is 1. The number of fused-ring (bicyclic) bond motifs is 1. The topological polar surface area (TPSA) is 86.5 Å². The van der Waals surface area contributed by atoms with Gasteiger partial charge in [-0.25, -0.2) is 14.8 Å². The van der Waals surface area contributed by atoms with E-state index in [4.69, 9.17) is 14.6 Å². The Labute approximate surface area is 167 Å². The molecule has 2 aromatic carbocycles. The number of imidazole rings is 1. The van der Waals surface area contributed by atoms with Crippen LogP contribution in [0.3, 0.4) is 0 Å². The Morgan fingerprint density at radius 3 is 2.66 bits per heavy atom. The molecule has 1 N–H and O–H groups in total. The predicted octanol–water partition coefficient (Wildman–Crippen LogP) is 4.35. The lowest BCUT2D eigenvalue weighted by Crippen LogP contribution is -2.04. The number of rotatable bonds is 6. The van der Waals surface area contributed by atoms with Crippen molar-refractivity contribution in [2.75, 3.05) is 0 Å². The number of aromatic carboxylic acids is 1. The summed E-state index contributed by atoms with van der Waals surface area (Å²) in [7, 11) is 1.89. The Morgan fingerprint density at radius 2 is 1.90 bits per heavy atom. The zero-order chi connectivity index (χ0) is 20.4. The van der Waals surface area contributed by atoms with Crippen LogP contribution < -0.4 is 9.47 Å². The van der Waals surface area contributed by atoms with Gasteiger partial charge in [0.05, 0.1) is 17.3 Å². The van der Waals surface area contributed by atoms with Crippen molar-refractivity contribution < 1.29 is 19.4 Å². The molecule has 2 heterocycles. The highest BCUT2D eigenvalue weighted by Crippen LogP contribution is 2.24. The fraction of sp³-hybridized carbons (Fsp3) is 0.136. The fourth-order valence-corrected chi connectivity index (χ4v) is 2.91. The van der Waals surface area contributed by atoms with E-state index in [1.54, 1.807) is 18.3 Å². The van der Waals surface area contributed by atoms with Gasteiger partial charge in [-0.3, -0.25) is 0 Å². The summed E-state index contributed by atoms with van der Waals surface area (Å²) >= 11 is 0. The van der Waals surface area contributed by atoms with Crippen LogP contribution in [-0.4, -0.2) is 25.6 Å². The third-order valence-corrected chi connectivity index (χ3v) is 4.53. The van der Waals surface area contributed by atoms with E-state index in [9.17, 15) is 4.79 Å². The molecule has 4 aromatic rings. The second-order valence-corrected chi connectivity index (χ2v) is 6.64. The number of carboxylic acids is 1. The van der Waals surface area contributed by atoms with E-state index in [0.717, 1.165) is 16.6 Å². The molecule has 7 heteroatoms. The first-order chi connectivity index (χ1) is 14.0. The van der Waals surface area contributed by atoms with E-state index in [1.165, 1.54) is 12.1 Å². The summed E-state index contributed by atoms with van der Waals surface area (Å²) in [6.45, 7) is 2.22. The van der Waals surface area contributed by atoms with Crippen LogP contribution >= 0.6 is 0 Å². The Balaban J connectivity index is 1.53. The van der Waals surface area contributed by atoms with Crippen LogP contribution in [0.15, 0.2) is 60.8 Å². The molecule has 0 amide bonds. The van der Waals surface area contributed by atoms with E-state index in [1.807, 2.05) is 48.9 Å². The summed E-state index contributed by atoms with van der Waals surface area (Å²) in [5.74, 6) is 1.36. The minimum Gasteiger partial charge on any atom is -0.486 e. The normalized spacial score (nSPS) is 10.8. The van der Waals surface area contributed by atoms with Crippen molar-refractivity contribution in [3.8, 4) is 17.4 Å². The number of benzene rings is 2. The Hall–Kier alpha value is -3.87. The first kappa shape index (κ1) is 18.5. The number of pyridine rings is 1. The van der Waals surface area contributed by atoms with Crippen molar-refractivity contribution in [3.63, 3.8) is 0 Å². The van der Waals surface area contributed by atoms with Crippen molar-refractivity contribution in [3.05, 3.63) is 77.7 Å². The lowest BCUT2D eigenvalue weighted by molar-refractivity contribution is 0.0696. The predicted molar refractivity (Wildman–Crippen MR) is 107 cm³/mol. The lowest BCUT2D eigenvalue weighted by atomic mass is 10.2. The van der Waals surface area contributed by atoms with Crippen LogP contribution in [0, 0.1) is 6.92 Å². The highest BCUT2D eigenvalue weighted by molar-refractivity contribution is 5.88. The third kappa shape index (κ3) is 4.03. The highest BCUT2D eigenvalue weighted by atomic mass is 16.5. The Bertz CT molecular complexity index is 1180. The molecule has 0 saturated carbocycles. The van der Waals surface area contributed by atoms with Crippen LogP contribution in [0.1, 0.15) is 21.7 Å². The molecule has 0 bridgehead atoms. The monoisotopic (exact) mass is 389 g/mol. The maximum atomic E-state index is 11.1. The van der Waals surface area contributed by atoms with Gasteiger partial charge in [-0.1, -0.05) is 23.8 Å². The third-order valence-electron chi connectivity index (χ3n) is 4.53. The number of ether oxygens (including phenoxy) is 2. The summed E-state index contributed by atoms with van der Waals surface area (Å²) < 4.78 is 13.5. The van der Waals surface area contributed by atoms with Gasteiger partial charge in [0.1, 0.15) is 29.4 Å². The second kappa shape index (κ2) is 7.63. The van der Waals surface area contributed by atoms with Gasteiger partial charge in [0.25, 0.3) is 0 Å². The molecule has 0 fully saturated rings. The zero-order valence-electron chi connectivity index (χ0n) is 16.0. The molecule has 0 aliphatic carbocycles. The molecule has 29 heavy (non-hydrogen) atoms. The molecule has 0 aliphatic heterocycles. The minimum absolute atomic E-state index is 0.176. The molecule has 2 aromatic heterocycles. The second-order valence-electron chi connectivity index (χ2n) is 6.64. The Morgan fingerprint density at radius 1 is 1.10 bits per heavy atom. The molecule has 146 valence electrons. The number of nitrogens with zero attached hydrogens (tertiary/aromatic N) is 3. The maximum absolute atomic E-state index is 11.1. The average Bonchev–Trinajstić information content (AvgIpc) is 3.04. The van der Waals surface area contributed by atoms with Crippen LogP contribution in [0.25, 0.3) is 11.0 Å². The van der Waals surface area contributed by atoms with E-state index in [2.05, 4.69) is 9.97 Å². The number of aryl methyl sites for hydroxylation is 2. The summed E-state index contributed by atoms with van der Waals surface area (Å²) in [4.78, 5) is 20.0. The van der Waals surface area contributed by atoms with Crippen LogP contribution in [0.4, 0.5) is 0 Å². The minimum atomic E-state index is -0.995. The average molecular weight is 389 g/mol. The number of hydrogen-bond donors (Lipinski definition) is 1. The van der Waals surface area contributed by atoms with Gasteiger partial charge in [0.15, 0.2) is 0 Å². The van der Waals surface area contributed by atoms with Gasteiger partial charge < -0.3 is 19.1 Å². The fourth-order valence-electron chi connectivity index (χ4n) is 2.91. The van der Waals surface area contributed by atoms with Crippen molar-refractivity contribution in [2.24, 2.45) is 7.05 Å². The molecule has 0 atom stereocenters. The molecule has 4 rings (SSSR count). The Kier molecular flexibility index (Phi) is 4.87. The maximum Gasteiger partial charge on any atom is 0.335 e. The van der Waals surface area contributed by atoms with Crippen LogP contribution in [0.2, 0.25) is 0 Å². The van der Waals surface area contributed by atoms with Gasteiger partial charge >= 0.3 is 5.97 Å². The van der Waals surface area contributed by atoms with Gasteiger partial charge in [0, 0.05) is 13.1 Å². The SMILES string of the molecule is Cc1ccc(Oc2cc3c(cn2)nc(COc2cccc(C(=O)O)c2)n3C)cc1. The molecule has 0 aliphatic rings. The van der Waals surface area contributed by atoms with Crippen molar-refractivity contribution in [1.29, 1.82) is 0 Å². The summed E-state index contributed by atoms with van der Waals surface area (Å²) in [5, 5.41) is 9.09. The highest BCUT2D eigenvalue weighted by Gasteiger charge is 2.12. The number of carbonyl (C=O) groups is 1. The van der Waals surface area contributed by atoms with E-state index < -0.39 is 5.97 Å². The molecule has 0 unspecified atom stereocenters. The van der Waals surface area contributed by atoms with Gasteiger partial charge in [-0.2, -0.15) is 0 Å². The summed E-state index contributed by atoms with van der Waals surface area (Å²) in [5.41, 5.74) is 2.92. The van der Waals surface area contributed by atoms with Crippen LogP contribution in [-0.2, 0) is 13.7 Å². The molecule has 0 spiro atoms. The zero-order valence-corrected chi connectivity index (χ0v) is 16.0. The lowest BCUT2D eigenvalue weighted by Gasteiger charge is -2.07. The molecular formula is C22H19N3O4. The van der Waals surface area contributed by atoms with E-state index >= 15 is 0 Å².